The molecule has 0 unspecified atom stereocenters. The number of thiazole rings is 1. The molecule has 0 spiro atoms. The minimum Gasteiger partial charge on any atom is -0.483 e. The predicted molar refractivity (Wildman–Crippen MR) is 115 cm³/mol. The molecule has 1 amide bonds. The molecule has 2 fully saturated rings. The van der Waals surface area contributed by atoms with Crippen molar-refractivity contribution in [3.8, 4) is 0 Å². The summed E-state index contributed by atoms with van der Waals surface area (Å²) in [6.07, 6.45) is 6.82. The van der Waals surface area contributed by atoms with Crippen LogP contribution in [0, 0.1) is 5.41 Å². The van der Waals surface area contributed by atoms with Crippen LogP contribution >= 0.6 is 11.3 Å². The fourth-order valence-corrected chi connectivity index (χ4v) is 5.63. The number of aromatic nitrogens is 4. The molecule has 3 aromatic heterocycles. The highest BCUT2D eigenvalue weighted by Gasteiger charge is 2.60. The number of fused-ring (bicyclic) bond motifs is 3. The van der Waals surface area contributed by atoms with Gasteiger partial charge in [-0.05, 0) is 25.3 Å². The molecule has 0 radical (unpaired) electrons. The van der Waals surface area contributed by atoms with Crippen LogP contribution in [0.1, 0.15) is 25.0 Å². The lowest BCUT2D eigenvalue weighted by Gasteiger charge is -2.36. The quantitative estimate of drug-likeness (QED) is 0.415. The van der Waals surface area contributed by atoms with E-state index in [4.69, 9.17) is 9.90 Å². The smallest absolute Gasteiger partial charge is 0.290 e. The lowest BCUT2D eigenvalue weighted by Crippen LogP contribution is -2.51. The maximum atomic E-state index is 13.3. The normalized spacial score (nSPS) is 24.1. The number of hydrogen-bond acceptors (Lipinski definition) is 8. The summed E-state index contributed by atoms with van der Waals surface area (Å²) in [6.45, 7) is -0.0448. The number of aromatic amines is 1. The SMILES string of the molecule is O=C(NCCO)[C@@]1(Cc2cscn2)C[C@H]2CC[C@@H]1N2c1ncnc2[nH]ccc12.O=CO. The van der Waals surface area contributed by atoms with Crippen LogP contribution in [0.2, 0.25) is 0 Å². The van der Waals surface area contributed by atoms with E-state index in [0.29, 0.717) is 6.42 Å². The van der Waals surface area contributed by atoms with Crippen LogP contribution in [0.4, 0.5) is 5.82 Å². The van der Waals surface area contributed by atoms with E-state index >= 15 is 0 Å². The van der Waals surface area contributed by atoms with Gasteiger partial charge in [0.2, 0.25) is 5.91 Å². The summed E-state index contributed by atoms with van der Waals surface area (Å²) in [5, 5.41) is 22.0. The number of aliphatic hydroxyl groups is 1. The third-order valence-corrected chi connectivity index (χ3v) is 6.78. The topological polar surface area (TPSA) is 144 Å². The minimum absolute atomic E-state index is 0.00567. The van der Waals surface area contributed by atoms with Crippen molar-refractivity contribution in [1.29, 1.82) is 0 Å². The molecule has 4 N–H and O–H groups in total. The first kappa shape index (κ1) is 21.2. The summed E-state index contributed by atoms with van der Waals surface area (Å²) in [4.78, 5) is 40.5. The summed E-state index contributed by atoms with van der Waals surface area (Å²) in [7, 11) is 0. The second-order valence-electron chi connectivity index (χ2n) is 7.69. The van der Waals surface area contributed by atoms with Gasteiger partial charge >= 0.3 is 0 Å². The van der Waals surface area contributed by atoms with Gasteiger partial charge < -0.3 is 25.4 Å². The number of aliphatic hydroxyl groups excluding tert-OH is 1. The molecule has 2 aliphatic heterocycles. The molecule has 3 aromatic rings. The Hall–Kier alpha value is -3.05. The molecule has 10 nitrogen and oxygen atoms in total. The highest BCUT2D eigenvalue weighted by molar-refractivity contribution is 7.07. The highest BCUT2D eigenvalue weighted by atomic mass is 32.1. The number of carboxylic acid groups (broad SMARTS) is 1. The van der Waals surface area contributed by atoms with E-state index in [2.05, 4.69) is 30.2 Å². The first-order valence-electron chi connectivity index (χ1n) is 10.0. The number of nitrogens with one attached hydrogen (secondary N) is 2. The van der Waals surface area contributed by atoms with Crippen molar-refractivity contribution in [3.63, 3.8) is 0 Å². The summed E-state index contributed by atoms with van der Waals surface area (Å²) >= 11 is 1.55. The molecule has 31 heavy (non-hydrogen) atoms. The maximum absolute atomic E-state index is 13.3. The minimum atomic E-state index is -0.570. The van der Waals surface area contributed by atoms with Crippen LogP contribution in [-0.4, -0.2) is 67.8 Å². The molecule has 11 heteroatoms. The van der Waals surface area contributed by atoms with Crippen LogP contribution in [-0.2, 0) is 16.0 Å². The van der Waals surface area contributed by atoms with Gasteiger partial charge in [-0.2, -0.15) is 0 Å². The Morgan fingerprint density at radius 3 is 2.97 bits per heavy atom. The molecule has 164 valence electrons. The molecule has 5 rings (SSSR count). The third-order valence-electron chi connectivity index (χ3n) is 6.15. The van der Waals surface area contributed by atoms with Crippen molar-refractivity contribution in [2.24, 2.45) is 5.41 Å². The standard InChI is InChI=1S/C19H22N6O2S.CH2O2/c26-6-5-21-18(27)19(7-12-9-28-11-24-12)8-13-1-2-15(19)25(13)17-14-3-4-20-16(14)22-10-23-17;2-1-3/h3-4,9-11,13,15,26H,1-2,5-8H2,(H,21,27)(H,20,22,23);1H,(H,2,3)/t13-,15+,19+;/m1./s1. The van der Waals surface area contributed by atoms with Gasteiger partial charge in [-0.25, -0.2) is 15.0 Å². The molecule has 2 saturated heterocycles. The lowest BCUT2D eigenvalue weighted by molar-refractivity contribution is -0.132. The van der Waals surface area contributed by atoms with Crippen LogP contribution in [0.3, 0.4) is 0 Å². The van der Waals surface area contributed by atoms with E-state index < -0.39 is 5.41 Å². The number of H-pyrrole nitrogens is 1. The number of anilines is 1. The van der Waals surface area contributed by atoms with Gasteiger partial charge in [0.25, 0.3) is 6.47 Å². The molecule has 2 bridgehead atoms. The number of carbonyl (C=O) groups is 2. The average Bonchev–Trinajstić information content (AvgIpc) is 3.56. The molecule has 5 heterocycles. The zero-order valence-electron chi connectivity index (χ0n) is 16.8. The first-order chi connectivity index (χ1) is 15.1. The second-order valence-corrected chi connectivity index (χ2v) is 8.41. The van der Waals surface area contributed by atoms with Crippen LogP contribution in [0.15, 0.2) is 29.5 Å². The molecule has 2 aliphatic rings. The highest BCUT2D eigenvalue weighted by Crippen LogP contribution is 2.53. The Bertz CT molecular complexity index is 1040. The Morgan fingerprint density at radius 1 is 1.39 bits per heavy atom. The average molecular weight is 445 g/mol. The fraction of sp³-hybridized carbons (Fsp3) is 0.450. The monoisotopic (exact) mass is 444 g/mol. The van der Waals surface area contributed by atoms with Crippen LogP contribution in [0.5, 0.6) is 0 Å². The number of rotatable bonds is 6. The summed E-state index contributed by atoms with van der Waals surface area (Å²) in [5.74, 6) is 0.903. The van der Waals surface area contributed by atoms with Crippen molar-refractivity contribution < 1.29 is 19.8 Å². The van der Waals surface area contributed by atoms with E-state index in [1.165, 1.54) is 0 Å². The second kappa shape index (κ2) is 8.98. The van der Waals surface area contributed by atoms with Crippen LogP contribution in [0.25, 0.3) is 11.0 Å². The number of hydrogen-bond donors (Lipinski definition) is 4. The number of nitrogens with zero attached hydrogens (tertiary/aromatic N) is 4. The van der Waals surface area contributed by atoms with Gasteiger partial charge in [-0.3, -0.25) is 9.59 Å². The maximum Gasteiger partial charge on any atom is 0.290 e. The van der Waals surface area contributed by atoms with E-state index in [1.54, 1.807) is 17.7 Å². The van der Waals surface area contributed by atoms with Crippen molar-refractivity contribution in [1.82, 2.24) is 25.3 Å². The number of carbonyl (C=O) groups excluding carboxylic acids is 1. The van der Waals surface area contributed by atoms with E-state index in [0.717, 1.165) is 41.8 Å². The number of amides is 1. The van der Waals surface area contributed by atoms with Gasteiger partial charge in [0, 0.05) is 36.6 Å². The summed E-state index contributed by atoms with van der Waals surface area (Å²) in [6, 6.07) is 2.30. The van der Waals surface area contributed by atoms with Gasteiger partial charge in [-0.1, -0.05) is 0 Å². The van der Waals surface area contributed by atoms with E-state index in [9.17, 15) is 9.90 Å². The molecule has 0 saturated carbocycles. The Balaban J connectivity index is 0.000000730. The zero-order chi connectivity index (χ0) is 21.8. The fourth-order valence-electron chi connectivity index (χ4n) is 5.08. The zero-order valence-corrected chi connectivity index (χ0v) is 17.6. The molecule has 0 aromatic carbocycles. The molecule has 3 atom stereocenters. The largest absolute Gasteiger partial charge is 0.483 e. The first-order valence-corrected chi connectivity index (χ1v) is 11.0. The van der Waals surface area contributed by atoms with Crippen LogP contribution < -0.4 is 10.2 Å². The molecular weight excluding hydrogens is 420 g/mol. The Kier molecular flexibility index (Phi) is 6.14. The summed E-state index contributed by atoms with van der Waals surface area (Å²) in [5.41, 5.74) is 3.00. The third kappa shape index (κ3) is 3.74. The molecular formula is C20H24N6O4S. The predicted octanol–water partition coefficient (Wildman–Crippen LogP) is 1.19. The van der Waals surface area contributed by atoms with Gasteiger partial charge in [0.05, 0.1) is 28.6 Å². The summed E-state index contributed by atoms with van der Waals surface area (Å²) < 4.78 is 0. The van der Waals surface area contributed by atoms with Gasteiger partial charge in [0.15, 0.2) is 0 Å². The van der Waals surface area contributed by atoms with E-state index in [-0.39, 0.29) is 37.6 Å². The van der Waals surface area contributed by atoms with Crippen molar-refractivity contribution in [3.05, 3.63) is 35.2 Å². The lowest BCUT2D eigenvalue weighted by atomic mass is 9.70. The Labute approximate surface area is 182 Å². The Morgan fingerprint density at radius 2 is 2.23 bits per heavy atom. The van der Waals surface area contributed by atoms with Gasteiger partial charge in [0.1, 0.15) is 17.8 Å². The van der Waals surface area contributed by atoms with Crippen molar-refractivity contribution in [2.45, 2.75) is 37.8 Å². The van der Waals surface area contributed by atoms with Crippen molar-refractivity contribution in [2.75, 3.05) is 18.1 Å². The van der Waals surface area contributed by atoms with Crippen molar-refractivity contribution >= 4 is 40.6 Å². The van der Waals surface area contributed by atoms with E-state index in [1.807, 2.05) is 23.2 Å². The molecule has 0 aliphatic carbocycles. The van der Waals surface area contributed by atoms with Gasteiger partial charge in [-0.15, -0.1) is 11.3 Å².